The summed E-state index contributed by atoms with van der Waals surface area (Å²) in [6.07, 6.45) is 5.11. The molecule has 8 heteroatoms. The van der Waals surface area contributed by atoms with Crippen molar-refractivity contribution in [2.45, 2.75) is 32.4 Å². The van der Waals surface area contributed by atoms with E-state index >= 15 is 0 Å². The van der Waals surface area contributed by atoms with Gasteiger partial charge in [0.2, 0.25) is 10.0 Å². The topological polar surface area (TPSA) is 101 Å². The van der Waals surface area contributed by atoms with Crippen LogP contribution in [-0.2, 0) is 22.1 Å². The van der Waals surface area contributed by atoms with Crippen molar-refractivity contribution in [1.82, 2.24) is 14.3 Å². The molecule has 0 unspecified atom stereocenters. The van der Waals surface area contributed by atoms with Crippen molar-refractivity contribution >= 4 is 10.0 Å². The highest BCUT2D eigenvalue weighted by Gasteiger charge is 2.25. The number of allylic oxidation sites excluding steroid dienone is 2. The van der Waals surface area contributed by atoms with Gasteiger partial charge in [0.25, 0.3) is 5.56 Å². The maximum atomic E-state index is 12.3. The number of hydrogen-bond acceptors (Lipinski definition) is 4. The van der Waals surface area contributed by atoms with E-state index in [9.17, 15) is 18.0 Å². The van der Waals surface area contributed by atoms with Crippen LogP contribution in [0.15, 0.2) is 64.3 Å². The Kier molecular flexibility index (Phi) is 6.33. The van der Waals surface area contributed by atoms with Gasteiger partial charge >= 0.3 is 5.69 Å². The Hall–Kier alpha value is -2.45. The molecule has 26 heavy (non-hydrogen) atoms. The Morgan fingerprint density at radius 1 is 1.12 bits per heavy atom. The fourth-order valence-electron chi connectivity index (χ4n) is 2.47. The molecule has 0 aliphatic heterocycles. The third-order valence-electron chi connectivity index (χ3n) is 3.83. The second-order valence-corrected chi connectivity index (χ2v) is 8.28. The van der Waals surface area contributed by atoms with Gasteiger partial charge in [0.05, 0.1) is 11.3 Å². The highest BCUT2D eigenvalue weighted by atomic mass is 32.2. The number of hydrogen-bond donors (Lipinski definition) is 2. The lowest BCUT2D eigenvalue weighted by molar-refractivity contribution is 0.472. The van der Waals surface area contributed by atoms with E-state index in [-0.39, 0.29) is 12.3 Å². The Balaban J connectivity index is 1.89. The van der Waals surface area contributed by atoms with Crippen LogP contribution in [-0.4, -0.2) is 23.7 Å². The summed E-state index contributed by atoms with van der Waals surface area (Å²) >= 11 is 0. The van der Waals surface area contributed by atoms with Crippen molar-refractivity contribution in [3.8, 4) is 0 Å². The number of sulfonamides is 1. The molecular formula is C18H23N3O4S. The number of aromatic nitrogens is 2. The summed E-state index contributed by atoms with van der Waals surface area (Å²) in [7, 11) is -3.46. The summed E-state index contributed by atoms with van der Waals surface area (Å²) in [4.78, 5) is 24.7. The number of benzene rings is 1. The summed E-state index contributed by atoms with van der Waals surface area (Å²) in [6.45, 7) is 3.90. The molecule has 1 heterocycles. The van der Waals surface area contributed by atoms with E-state index in [4.69, 9.17) is 0 Å². The van der Waals surface area contributed by atoms with Crippen LogP contribution in [0.5, 0.6) is 0 Å². The Bertz CT molecular complexity index is 973. The number of aromatic amines is 1. The van der Waals surface area contributed by atoms with Gasteiger partial charge in [-0.15, -0.1) is 0 Å². The van der Waals surface area contributed by atoms with Gasteiger partial charge in [-0.1, -0.05) is 42.5 Å². The zero-order chi connectivity index (χ0) is 19.2. The molecule has 0 bridgehead atoms. The van der Waals surface area contributed by atoms with Crippen LogP contribution in [0.3, 0.4) is 0 Å². The van der Waals surface area contributed by atoms with E-state index in [2.05, 4.69) is 9.71 Å². The number of nitrogens with zero attached hydrogens (tertiary/aromatic N) is 1. The molecule has 0 saturated carbocycles. The minimum absolute atomic E-state index is 0.0553. The molecule has 1 aromatic carbocycles. The normalized spacial score (nSPS) is 12.5. The zero-order valence-corrected chi connectivity index (χ0v) is 15.6. The number of nitrogens with one attached hydrogen (secondary N) is 2. The van der Waals surface area contributed by atoms with Gasteiger partial charge in [-0.3, -0.25) is 14.3 Å². The summed E-state index contributed by atoms with van der Waals surface area (Å²) in [6, 6.07) is 10.6. The van der Waals surface area contributed by atoms with Crippen LogP contribution in [0.2, 0.25) is 0 Å². The highest BCUT2D eigenvalue weighted by molar-refractivity contribution is 7.89. The summed E-state index contributed by atoms with van der Waals surface area (Å²) in [5, 5.41) is 0. The predicted molar refractivity (Wildman–Crippen MR) is 101 cm³/mol. The first-order valence-corrected chi connectivity index (χ1v) is 9.87. The second-order valence-electron chi connectivity index (χ2n) is 6.43. The minimum atomic E-state index is -3.46. The zero-order valence-electron chi connectivity index (χ0n) is 14.8. The molecule has 1 aromatic heterocycles. The van der Waals surface area contributed by atoms with Crippen molar-refractivity contribution in [3.05, 3.63) is 81.1 Å². The Morgan fingerprint density at radius 3 is 2.46 bits per heavy atom. The molecular weight excluding hydrogens is 354 g/mol. The van der Waals surface area contributed by atoms with Gasteiger partial charge in [-0.25, -0.2) is 17.9 Å². The van der Waals surface area contributed by atoms with Crippen molar-refractivity contribution in [2.75, 3.05) is 5.75 Å². The highest BCUT2D eigenvalue weighted by Crippen LogP contribution is 2.20. The van der Waals surface area contributed by atoms with Crippen LogP contribution >= 0.6 is 0 Å². The lowest BCUT2D eigenvalue weighted by Gasteiger charge is -2.26. The van der Waals surface area contributed by atoms with Crippen molar-refractivity contribution in [3.63, 3.8) is 0 Å². The van der Waals surface area contributed by atoms with E-state index in [1.165, 1.54) is 16.8 Å². The first-order chi connectivity index (χ1) is 12.2. The van der Waals surface area contributed by atoms with Gasteiger partial charge in [-0.05, 0) is 25.8 Å². The lowest BCUT2D eigenvalue weighted by atomic mass is 9.96. The monoisotopic (exact) mass is 377 g/mol. The van der Waals surface area contributed by atoms with E-state index in [1.807, 2.05) is 44.2 Å². The molecule has 140 valence electrons. The summed E-state index contributed by atoms with van der Waals surface area (Å²) < 4.78 is 28.6. The van der Waals surface area contributed by atoms with Crippen LogP contribution in [0, 0.1) is 0 Å². The first-order valence-electron chi connectivity index (χ1n) is 8.21. The molecule has 0 atom stereocenters. The standard InChI is InChI=1S/C18H23N3O4S/c1-18(2,15-9-5-3-6-10-15)20-26(24,25)14-8-4-7-12-21-13-11-16(22)19-17(21)23/h3-7,9-11,13,20H,8,12,14H2,1-2H3,(H,19,22,23)/b7-4-. The van der Waals surface area contributed by atoms with Crippen molar-refractivity contribution in [2.24, 2.45) is 0 Å². The van der Waals surface area contributed by atoms with E-state index in [0.29, 0.717) is 6.42 Å². The van der Waals surface area contributed by atoms with E-state index in [0.717, 1.165) is 5.56 Å². The smallest absolute Gasteiger partial charge is 0.297 e. The maximum Gasteiger partial charge on any atom is 0.328 e. The molecule has 0 aliphatic carbocycles. The molecule has 0 aliphatic rings. The van der Waals surface area contributed by atoms with Crippen LogP contribution in [0.4, 0.5) is 0 Å². The van der Waals surface area contributed by atoms with Crippen LogP contribution in [0.1, 0.15) is 25.8 Å². The third kappa shape index (κ3) is 5.82. The van der Waals surface area contributed by atoms with Gasteiger partial charge in [0.1, 0.15) is 0 Å². The van der Waals surface area contributed by atoms with Gasteiger partial charge in [-0.2, -0.15) is 0 Å². The van der Waals surface area contributed by atoms with Gasteiger partial charge in [0.15, 0.2) is 0 Å². The lowest BCUT2D eigenvalue weighted by Crippen LogP contribution is -2.42. The van der Waals surface area contributed by atoms with Crippen LogP contribution < -0.4 is 16.0 Å². The van der Waals surface area contributed by atoms with E-state index < -0.39 is 26.8 Å². The molecule has 7 nitrogen and oxygen atoms in total. The van der Waals surface area contributed by atoms with Gasteiger partial charge in [0, 0.05) is 18.8 Å². The fraction of sp³-hybridized carbons (Fsp3) is 0.333. The first kappa shape index (κ1) is 19.9. The third-order valence-corrected chi connectivity index (χ3v) is 5.42. The average Bonchev–Trinajstić information content (AvgIpc) is 2.56. The molecule has 0 fully saturated rings. The maximum absolute atomic E-state index is 12.3. The molecule has 0 saturated heterocycles. The molecule has 2 aromatic rings. The predicted octanol–water partition coefficient (Wildman–Crippen LogP) is 1.34. The molecule has 2 rings (SSSR count). The molecule has 0 spiro atoms. The average molecular weight is 377 g/mol. The van der Waals surface area contributed by atoms with Gasteiger partial charge < -0.3 is 0 Å². The minimum Gasteiger partial charge on any atom is -0.297 e. The van der Waals surface area contributed by atoms with Crippen molar-refractivity contribution < 1.29 is 8.42 Å². The summed E-state index contributed by atoms with van der Waals surface area (Å²) in [5.74, 6) is -0.0553. The number of rotatable bonds is 8. The largest absolute Gasteiger partial charge is 0.328 e. The molecule has 0 radical (unpaired) electrons. The molecule has 2 N–H and O–H groups in total. The van der Waals surface area contributed by atoms with Crippen molar-refractivity contribution in [1.29, 1.82) is 0 Å². The Labute approximate surface area is 152 Å². The fourth-order valence-corrected chi connectivity index (χ4v) is 3.91. The SMILES string of the molecule is CC(C)(NS(=O)(=O)CC/C=C\Cn1ccc(=O)[nH]c1=O)c1ccccc1. The van der Waals surface area contributed by atoms with Crippen LogP contribution in [0.25, 0.3) is 0 Å². The Morgan fingerprint density at radius 2 is 1.81 bits per heavy atom. The van der Waals surface area contributed by atoms with E-state index in [1.54, 1.807) is 12.2 Å². The second kappa shape index (κ2) is 8.29. The molecule has 0 amide bonds. The number of H-pyrrole nitrogens is 1. The summed E-state index contributed by atoms with van der Waals surface area (Å²) in [5.41, 5.74) is -0.765. The quantitative estimate of drug-likeness (QED) is 0.678.